The number of carbonyl (C=O) groups is 3. The summed E-state index contributed by atoms with van der Waals surface area (Å²) in [7, 11) is 0. The summed E-state index contributed by atoms with van der Waals surface area (Å²) in [6.45, 7) is 6.41. The molecule has 0 saturated heterocycles. The van der Waals surface area contributed by atoms with Gasteiger partial charge in [-0.15, -0.1) is 0 Å². The minimum absolute atomic E-state index is 0.0380. The van der Waals surface area contributed by atoms with E-state index in [1.165, 1.54) is 6.42 Å². The zero-order valence-electron chi connectivity index (χ0n) is 21.1. The molecule has 2 amide bonds. The van der Waals surface area contributed by atoms with Crippen LogP contribution in [0.15, 0.2) is 48.8 Å². The monoisotopic (exact) mass is 475 g/mol. The smallest absolute Gasteiger partial charge is 0.248 e. The van der Waals surface area contributed by atoms with E-state index in [2.05, 4.69) is 31.1 Å². The molecule has 0 radical (unpaired) electrons. The number of hydrogen-bond donors (Lipinski definition) is 1. The van der Waals surface area contributed by atoms with Gasteiger partial charge < -0.3 is 5.32 Å². The third-order valence-electron chi connectivity index (χ3n) is 7.31. The lowest BCUT2D eigenvalue weighted by atomic mass is 9.87. The average Bonchev–Trinajstić information content (AvgIpc) is 3.28. The van der Waals surface area contributed by atoms with Crippen molar-refractivity contribution in [3.05, 3.63) is 59.9 Å². The number of amides is 2. The molecule has 6 nitrogen and oxygen atoms in total. The van der Waals surface area contributed by atoms with Crippen LogP contribution in [-0.4, -0.2) is 28.6 Å². The van der Waals surface area contributed by atoms with E-state index in [4.69, 9.17) is 0 Å². The summed E-state index contributed by atoms with van der Waals surface area (Å²) in [6, 6.07) is 10.6. The molecule has 1 N–H and O–H groups in total. The molecule has 0 spiro atoms. The van der Waals surface area contributed by atoms with Crippen LogP contribution in [0.3, 0.4) is 0 Å². The van der Waals surface area contributed by atoms with Gasteiger partial charge in [-0.25, -0.2) is 0 Å². The van der Waals surface area contributed by atoms with Gasteiger partial charge in [-0.3, -0.25) is 24.3 Å². The number of anilines is 1. The Labute approximate surface area is 208 Å². The fourth-order valence-electron chi connectivity index (χ4n) is 5.25. The molecule has 6 heteroatoms. The lowest BCUT2D eigenvalue weighted by molar-refractivity contribution is -0.133. The maximum absolute atomic E-state index is 14.0. The number of ketones is 1. The summed E-state index contributed by atoms with van der Waals surface area (Å²) in [5.41, 5.74) is 2.35. The quantitative estimate of drug-likeness (QED) is 0.577. The minimum Gasteiger partial charge on any atom is -0.351 e. The first-order valence-electron chi connectivity index (χ1n) is 12.9. The summed E-state index contributed by atoms with van der Waals surface area (Å²) in [6.07, 6.45) is 10.2. The number of aromatic nitrogens is 1. The molecule has 186 valence electrons. The Kier molecular flexibility index (Phi) is 7.68. The topological polar surface area (TPSA) is 79.4 Å². The largest absolute Gasteiger partial charge is 0.351 e. The second-order valence-electron chi connectivity index (χ2n) is 10.9. The Morgan fingerprint density at radius 3 is 2.29 bits per heavy atom. The molecule has 2 aromatic rings. The number of carbonyl (C=O) groups excluding carboxylic acids is 3. The maximum Gasteiger partial charge on any atom is 0.248 e. The summed E-state index contributed by atoms with van der Waals surface area (Å²) >= 11 is 0. The van der Waals surface area contributed by atoms with E-state index in [1.807, 2.05) is 30.3 Å². The van der Waals surface area contributed by atoms with Crippen LogP contribution in [0.4, 0.5) is 5.69 Å². The van der Waals surface area contributed by atoms with Crippen molar-refractivity contribution in [2.75, 3.05) is 4.90 Å². The Balaban J connectivity index is 1.76. The lowest BCUT2D eigenvalue weighted by Gasteiger charge is -2.34. The van der Waals surface area contributed by atoms with Crippen LogP contribution in [0.2, 0.25) is 0 Å². The van der Waals surface area contributed by atoms with Crippen molar-refractivity contribution in [1.29, 1.82) is 0 Å². The van der Waals surface area contributed by atoms with Crippen molar-refractivity contribution >= 4 is 23.3 Å². The molecule has 1 heterocycles. The van der Waals surface area contributed by atoms with Gasteiger partial charge in [0.2, 0.25) is 11.8 Å². The SMILES string of the molecule is CC(C)(C)c1ccc(N(C(=O)C2CCCC2=O)C(C(=O)NC2CCCCC2)c2cccnc2)cc1. The van der Waals surface area contributed by atoms with Crippen molar-refractivity contribution in [3.63, 3.8) is 0 Å². The molecule has 2 saturated carbocycles. The van der Waals surface area contributed by atoms with Crippen LogP contribution in [0, 0.1) is 5.92 Å². The number of Topliss-reactive ketones (excluding diaryl/α,β-unsaturated/α-hetero) is 1. The summed E-state index contributed by atoms with van der Waals surface area (Å²) in [5, 5.41) is 3.21. The summed E-state index contributed by atoms with van der Waals surface area (Å²) in [4.78, 5) is 46.2. The molecule has 2 fully saturated rings. The van der Waals surface area contributed by atoms with Crippen molar-refractivity contribution in [2.24, 2.45) is 5.92 Å². The molecule has 1 aromatic carbocycles. The minimum atomic E-state index is -0.896. The van der Waals surface area contributed by atoms with Crippen LogP contribution >= 0.6 is 0 Å². The molecular weight excluding hydrogens is 438 g/mol. The van der Waals surface area contributed by atoms with Crippen molar-refractivity contribution < 1.29 is 14.4 Å². The third kappa shape index (κ3) is 5.80. The Bertz CT molecular complexity index is 1040. The lowest BCUT2D eigenvalue weighted by Crippen LogP contribution is -2.49. The Hall–Kier alpha value is -3.02. The first-order valence-corrected chi connectivity index (χ1v) is 12.9. The van der Waals surface area contributed by atoms with E-state index in [0.29, 0.717) is 30.5 Å². The van der Waals surface area contributed by atoms with E-state index < -0.39 is 12.0 Å². The standard InChI is InChI=1S/C29H37N3O3/c1-29(2,3)21-14-16-23(17-15-21)32(28(35)24-12-7-13-25(24)33)26(20-9-8-18-30-19-20)27(34)31-22-10-5-4-6-11-22/h8-9,14-19,22,24,26H,4-7,10-13H2,1-3H3,(H,31,34). The van der Waals surface area contributed by atoms with Crippen molar-refractivity contribution in [1.82, 2.24) is 10.3 Å². The molecule has 0 bridgehead atoms. The van der Waals surface area contributed by atoms with Crippen LogP contribution in [0.25, 0.3) is 0 Å². The second-order valence-corrected chi connectivity index (χ2v) is 10.9. The average molecular weight is 476 g/mol. The highest BCUT2D eigenvalue weighted by Crippen LogP contribution is 2.34. The van der Waals surface area contributed by atoms with Gasteiger partial charge in [0.1, 0.15) is 11.8 Å². The predicted molar refractivity (Wildman–Crippen MR) is 137 cm³/mol. The molecule has 2 atom stereocenters. The fraction of sp³-hybridized carbons (Fsp3) is 0.517. The van der Waals surface area contributed by atoms with E-state index >= 15 is 0 Å². The highest BCUT2D eigenvalue weighted by Gasteiger charge is 2.41. The van der Waals surface area contributed by atoms with Crippen LogP contribution in [-0.2, 0) is 19.8 Å². The zero-order chi connectivity index (χ0) is 25.0. The highest BCUT2D eigenvalue weighted by atomic mass is 16.2. The van der Waals surface area contributed by atoms with Crippen LogP contribution in [0.1, 0.15) is 89.3 Å². The number of benzene rings is 1. The molecule has 4 rings (SSSR count). The number of nitrogens with one attached hydrogen (secondary N) is 1. The molecule has 1 aromatic heterocycles. The van der Waals surface area contributed by atoms with Crippen molar-refractivity contribution in [2.45, 2.75) is 89.6 Å². The van der Waals surface area contributed by atoms with E-state index in [1.54, 1.807) is 23.4 Å². The van der Waals surface area contributed by atoms with E-state index in [0.717, 1.165) is 31.2 Å². The first kappa shape index (κ1) is 25.1. The predicted octanol–water partition coefficient (Wildman–Crippen LogP) is 5.27. The molecule has 2 unspecified atom stereocenters. The Morgan fingerprint density at radius 2 is 1.71 bits per heavy atom. The molecule has 0 aliphatic heterocycles. The summed E-state index contributed by atoms with van der Waals surface area (Å²) < 4.78 is 0. The second kappa shape index (κ2) is 10.7. The van der Waals surface area contributed by atoms with Gasteiger partial charge >= 0.3 is 0 Å². The number of rotatable bonds is 6. The van der Waals surface area contributed by atoms with E-state index in [9.17, 15) is 14.4 Å². The van der Waals surface area contributed by atoms with Crippen LogP contribution < -0.4 is 10.2 Å². The van der Waals surface area contributed by atoms with Gasteiger partial charge in [0.25, 0.3) is 0 Å². The normalized spacial score (nSPS) is 19.9. The third-order valence-corrected chi connectivity index (χ3v) is 7.31. The summed E-state index contributed by atoms with van der Waals surface area (Å²) in [5.74, 6) is -1.27. The van der Waals surface area contributed by atoms with Gasteiger partial charge in [0.15, 0.2) is 0 Å². The fourth-order valence-corrected chi connectivity index (χ4v) is 5.25. The van der Waals surface area contributed by atoms with Crippen molar-refractivity contribution in [3.8, 4) is 0 Å². The van der Waals surface area contributed by atoms with Gasteiger partial charge in [-0.2, -0.15) is 0 Å². The molecular formula is C29H37N3O3. The maximum atomic E-state index is 14.0. The zero-order valence-corrected chi connectivity index (χ0v) is 21.1. The highest BCUT2D eigenvalue weighted by molar-refractivity contribution is 6.12. The molecule has 35 heavy (non-hydrogen) atoms. The van der Waals surface area contributed by atoms with Gasteiger partial charge in [-0.05, 0) is 54.9 Å². The van der Waals surface area contributed by atoms with Crippen LogP contribution in [0.5, 0.6) is 0 Å². The van der Waals surface area contributed by atoms with Gasteiger partial charge in [0.05, 0.1) is 5.92 Å². The van der Waals surface area contributed by atoms with Gasteiger partial charge in [0, 0.05) is 36.1 Å². The van der Waals surface area contributed by atoms with Gasteiger partial charge in [-0.1, -0.05) is 58.2 Å². The Morgan fingerprint density at radius 1 is 1.00 bits per heavy atom. The molecule has 2 aliphatic carbocycles. The number of hydrogen-bond acceptors (Lipinski definition) is 4. The first-order chi connectivity index (χ1) is 16.8. The number of pyridine rings is 1. The number of nitrogens with zero attached hydrogens (tertiary/aromatic N) is 2. The molecule has 2 aliphatic rings. The van der Waals surface area contributed by atoms with E-state index in [-0.39, 0.29) is 29.1 Å².